The molecule has 3 atom stereocenters. The molecule has 3 unspecified atom stereocenters. The lowest BCUT2D eigenvalue weighted by molar-refractivity contribution is 0.0695. The lowest BCUT2D eigenvalue weighted by Crippen LogP contribution is -2.29. The number of fused-ring (bicyclic) bond motifs is 2. The Kier molecular flexibility index (Phi) is 8.05. The second-order valence-electron chi connectivity index (χ2n) is 10.3. The topological polar surface area (TPSA) is 114 Å². The van der Waals surface area contributed by atoms with Crippen molar-refractivity contribution in [3.63, 3.8) is 0 Å². The standard InChI is InChI=1S/C31H37N3O4/c1-6-17(3)10-11-34-30(35)20-8-9-21(22(14-20)31(36)37)29-23-12-18(4)25(32)15-27(23)38-28-16-26(33-7-2)19(5)13-24(28)29/h8-9,12-17,24,29H,6-7,10-11,32H2,1-5H3,(H,34,35)(H,36,37)/b33-26-. The van der Waals surface area contributed by atoms with Gasteiger partial charge in [-0.3, -0.25) is 9.79 Å². The summed E-state index contributed by atoms with van der Waals surface area (Å²) in [6.45, 7) is 11.4. The Hall–Kier alpha value is -3.87. The van der Waals surface area contributed by atoms with Gasteiger partial charge in [0, 0.05) is 53.9 Å². The van der Waals surface area contributed by atoms with Crippen LogP contribution in [0.3, 0.4) is 0 Å². The summed E-state index contributed by atoms with van der Waals surface area (Å²) in [6, 6.07) is 8.76. The molecule has 0 fully saturated rings. The first kappa shape index (κ1) is 27.2. The summed E-state index contributed by atoms with van der Waals surface area (Å²) < 4.78 is 6.33. The molecule has 0 saturated heterocycles. The van der Waals surface area contributed by atoms with Crippen LogP contribution < -0.4 is 15.8 Å². The van der Waals surface area contributed by atoms with Gasteiger partial charge in [-0.1, -0.05) is 32.4 Å². The third kappa shape index (κ3) is 5.37. The molecule has 0 bridgehead atoms. The number of benzene rings is 2. The molecule has 7 heteroatoms. The van der Waals surface area contributed by atoms with E-state index in [4.69, 9.17) is 10.5 Å². The number of nitrogens with two attached hydrogens (primary N) is 1. The van der Waals surface area contributed by atoms with Crippen molar-refractivity contribution in [2.24, 2.45) is 16.8 Å². The highest BCUT2D eigenvalue weighted by molar-refractivity contribution is 6.09. The molecule has 0 saturated carbocycles. The number of carbonyl (C=O) groups is 2. The number of amides is 1. The van der Waals surface area contributed by atoms with Crippen LogP contribution in [0.15, 0.2) is 58.8 Å². The number of rotatable bonds is 8. The minimum atomic E-state index is -1.08. The van der Waals surface area contributed by atoms with Crippen molar-refractivity contribution in [2.75, 3.05) is 18.8 Å². The SMILES string of the molecule is CC/N=C1/C=C2Oc3cc(N)c(C)cc3C(c3ccc(C(=O)NCCC(C)CC)cc3C(=O)O)C2C=C1C. The van der Waals surface area contributed by atoms with Crippen molar-refractivity contribution >= 4 is 23.3 Å². The number of hydrogen-bond donors (Lipinski definition) is 3. The van der Waals surface area contributed by atoms with Crippen molar-refractivity contribution in [1.29, 1.82) is 0 Å². The molecule has 38 heavy (non-hydrogen) atoms. The first-order valence-electron chi connectivity index (χ1n) is 13.3. The second kappa shape index (κ2) is 11.3. The highest BCUT2D eigenvalue weighted by Gasteiger charge is 2.39. The van der Waals surface area contributed by atoms with Crippen LogP contribution in [0.2, 0.25) is 0 Å². The van der Waals surface area contributed by atoms with Crippen molar-refractivity contribution < 1.29 is 19.4 Å². The van der Waals surface area contributed by atoms with Gasteiger partial charge < -0.3 is 20.9 Å². The average Bonchev–Trinajstić information content (AvgIpc) is 2.88. The smallest absolute Gasteiger partial charge is 0.336 e. The molecule has 4 N–H and O–H groups in total. The Morgan fingerprint density at radius 2 is 1.92 bits per heavy atom. The van der Waals surface area contributed by atoms with Crippen LogP contribution in [0.4, 0.5) is 5.69 Å². The number of carbonyl (C=O) groups excluding carboxylic acids is 1. The molecule has 2 aromatic carbocycles. The number of ether oxygens (including phenoxy) is 1. The number of carboxylic acid groups (broad SMARTS) is 1. The quantitative estimate of drug-likeness (QED) is 0.380. The van der Waals surface area contributed by atoms with Crippen LogP contribution in [-0.2, 0) is 0 Å². The van der Waals surface area contributed by atoms with Crippen LogP contribution in [0, 0.1) is 18.8 Å². The third-order valence-electron chi connectivity index (χ3n) is 7.59. The largest absolute Gasteiger partial charge is 0.478 e. The van der Waals surface area contributed by atoms with Gasteiger partial charge in [-0.2, -0.15) is 0 Å². The second-order valence-corrected chi connectivity index (χ2v) is 10.3. The number of aryl methyl sites for hydroxylation is 1. The lowest BCUT2D eigenvalue weighted by atomic mass is 9.73. The molecule has 4 rings (SSSR count). The maximum Gasteiger partial charge on any atom is 0.336 e. The Morgan fingerprint density at radius 3 is 2.61 bits per heavy atom. The summed E-state index contributed by atoms with van der Waals surface area (Å²) in [5.41, 5.74) is 11.5. The molecular weight excluding hydrogens is 478 g/mol. The average molecular weight is 516 g/mol. The van der Waals surface area contributed by atoms with Gasteiger partial charge in [0.15, 0.2) is 0 Å². The zero-order chi connectivity index (χ0) is 27.6. The van der Waals surface area contributed by atoms with E-state index in [1.165, 1.54) is 6.07 Å². The molecule has 200 valence electrons. The molecule has 2 aromatic rings. The van der Waals surface area contributed by atoms with Gasteiger partial charge in [0.25, 0.3) is 5.91 Å². The molecule has 0 aromatic heterocycles. The number of hydrogen-bond acceptors (Lipinski definition) is 5. The van der Waals surface area contributed by atoms with E-state index in [9.17, 15) is 14.7 Å². The van der Waals surface area contributed by atoms with Crippen LogP contribution in [0.1, 0.15) is 83.9 Å². The molecule has 0 spiro atoms. The molecule has 1 aliphatic heterocycles. The number of nitrogens with one attached hydrogen (secondary N) is 1. The summed E-state index contributed by atoms with van der Waals surface area (Å²) in [5.74, 6) is -0.0991. The molecule has 1 amide bonds. The number of aromatic carboxylic acids is 1. The number of carboxylic acids is 1. The van der Waals surface area contributed by atoms with Gasteiger partial charge >= 0.3 is 5.97 Å². The van der Waals surface area contributed by atoms with E-state index >= 15 is 0 Å². The van der Waals surface area contributed by atoms with Crippen molar-refractivity contribution in [3.8, 4) is 5.75 Å². The highest BCUT2D eigenvalue weighted by Crippen LogP contribution is 2.49. The Labute approximate surface area is 224 Å². The zero-order valence-electron chi connectivity index (χ0n) is 22.8. The summed E-state index contributed by atoms with van der Waals surface area (Å²) in [5, 5.41) is 13.2. The normalized spacial score (nSPS) is 20.0. The van der Waals surface area contributed by atoms with E-state index in [1.807, 2.05) is 32.9 Å². The van der Waals surface area contributed by atoms with Gasteiger partial charge in [0.1, 0.15) is 11.5 Å². The predicted molar refractivity (Wildman–Crippen MR) is 151 cm³/mol. The van der Waals surface area contributed by atoms with E-state index in [0.717, 1.165) is 35.3 Å². The molecule has 0 radical (unpaired) electrons. The van der Waals surface area contributed by atoms with E-state index in [-0.39, 0.29) is 23.3 Å². The number of nitrogen functional groups attached to an aromatic ring is 1. The number of aliphatic imine (C=N–C) groups is 1. The van der Waals surface area contributed by atoms with Gasteiger partial charge in [0.2, 0.25) is 0 Å². The summed E-state index contributed by atoms with van der Waals surface area (Å²) >= 11 is 0. The van der Waals surface area contributed by atoms with Gasteiger partial charge in [0.05, 0.1) is 11.3 Å². The Bertz CT molecular complexity index is 1360. The first-order valence-corrected chi connectivity index (χ1v) is 13.3. The monoisotopic (exact) mass is 515 g/mol. The molecule has 7 nitrogen and oxygen atoms in total. The summed E-state index contributed by atoms with van der Waals surface area (Å²) in [6.07, 6.45) is 5.96. The van der Waals surface area contributed by atoms with Gasteiger partial charge in [-0.15, -0.1) is 0 Å². The number of anilines is 1. The van der Waals surface area contributed by atoms with E-state index in [0.29, 0.717) is 47.3 Å². The van der Waals surface area contributed by atoms with Crippen molar-refractivity contribution in [3.05, 3.63) is 81.6 Å². The first-order chi connectivity index (χ1) is 18.1. The van der Waals surface area contributed by atoms with Crippen LogP contribution >= 0.6 is 0 Å². The fourth-order valence-corrected chi connectivity index (χ4v) is 5.11. The minimum Gasteiger partial charge on any atom is -0.478 e. The van der Waals surface area contributed by atoms with Crippen molar-refractivity contribution in [2.45, 2.75) is 53.4 Å². The molecular formula is C31H37N3O4. The van der Waals surface area contributed by atoms with Crippen molar-refractivity contribution in [1.82, 2.24) is 5.32 Å². The fourth-order valence-electron chi connectivity index (χ4n) is 5.11. The molecule has 2 aliphatic rings. The summed E-state index contributed by atoms with van der Waals surface area (Å²) in [4.78, 5) is 30.0. The van der Waals surface area contributed by atoms with E-state index < -0.39 is 5.97 Å². The van der Waals surface area contributed by atoms with Gasteiger partial charge in [-0.25, -0.2) is 4.79 Å². The van der Waals surface area contributed by atoms with Crippen LogP contribution in [-0.4, -0.2) is 35.8 Å². The summed E-state index contributed by atoms with van der Waals surface area (Å²) in [7, 11) is 0. The highest BCUT2D eigenvalue weighted by atomic mass is 16.5. The number of nitrogens with zero attached hydrogens (tertiary/aromatic N) is 1. The van der Waals surface area contributed by atoms with Crippen LogP contribution in [0.25, 0.3) is 0 Å². The Morgan fingerprint density at radius 1 is 1.16 bits per heavy atom. The van der Waals surface area contributed by atoms with Gasteiger partial charge in [-0.05, 0) is 68.0 Å². The third-order valence-corrected chi connectivity index (χ3v) is 7.59. The lowest BCUT2D eigenvalue weighted by Gasteiger charge is -2.37. The molecule has 1 aliphatic carbocycles. The Balaban J connectivity index is 1.80. The zero-order valence-corrected chi connectivity index (χ0v) is 22.8. The minimum absolute atomic E-state index is 0.102. The maximum absolute atomic E-state index is 12.9. The van der Waals surface area contributed by atoms with Crippen LogP contribution in [0.5, 0.6) is 5.75 Å². The number of allylic oxidation sites excluding steroid dienone is 3. The van der Waals surface area contributed by atoms with E-state index in [2.05, 4.69) is 30.2 Å². The predicted octanol–water partition coefficient (Wildman–Crippen LogP) is 5.89. The van der Waals surface area contributed by atoms with E-state index in [1.54, 1.807) is 18.2 Å². The maximum atomic E-state index is 12.9. The fraction of sp³-hybridized carbons (Fsp3) is 0.387. The molecule has 1 heterocycles.